The zero-order chi connectivity index (χ0) is 21.2. The van der Waals surface area contributed by atoms with Gasteiger partial charge >= 0.3 is 5.97 Å². The van der Waals surface area contributed by atoms with Gasteiger partial charge in [-0.05, 0) is 37.5 Å². The average Bonchev–Trinajstić information content (AvgIpc) is 2.74. The molecule has 0 heterocycles. The van der Waals surface area contributed by atoms with Crippen molar-refractivity contribution in [3.8, 4) is 6.07 Å². The van der Waals surface area contributed by atoms with E-state index in [0.717, 1.165) is 23.1 Å². The van der Waals surface area contributed by atoms with E-state index in [9.17, 15) is 14.9 Å². The van der Waals surface area contributed by atoms with Crippen molar-refractivity contribution in [2.24, 2.45) is 0 Å². The molecule has 1 amide bonds. The highest BCUT2D eigenvalue weighted by Crippen LogP contribution is 2.18. The highest BCUT2D eigenvalue weighted by Gasteiger charge is 2.21. The van der Waals surface area contributed by atoms with Crippen LogP contribution in [0.2, 0.25) is 0 Å². The van der Waals surface area contributed by atoms with Gasteiger partial charge in [-0.2, -0.15) is 5.26 Å². The van der Waals surface area contributed by atoms with Crippen LogP contribution in [0.5, 0.6) is 0 Å². The van der Waals surface area contributed by atoms with Crippen molar-refractivity contribution in [2.45, 2.75) is 39.2 Å². The molecule has 29 heavy (non-hydrogen) atoms. The zero-order valence-corrected chi connectivity index (χ0v) is 17.0. The van der Waals surface area contributed by atoms with Gasteiger partial charge in [0.2, 0.25) is 0 Å². The fraction of sp³-hybridized carbons (Fsp3) is 0.292. The van der Waals surface area contributed by atoms with Gasteiger partial charge in [0.25, 0.3) is 5.91 Å². The molecule has 2 aromatic carbocycles. The van der Waals surface area contributed by atoms with Gasteiger partial charge in [0.05, 0.1) is 0 Å². The number of carbonyl (C=O) groups excluding carboxylic acids is 2. The molecular formula is C24H26N2O3. The zero-order valence-electron chi connectivity index (χ0n) is 17.0. The summed E-state index contributed by atoms with van der Waals surface area (Å²) in [5, 5.41) is 12.1. The molecule has 0 fully saturated rings. The molecule has 1 N–H and O–H groups in total. The molecule has 0 aliphatic heterocycles. The van der Waals surface area contributed by atoms with Crippen LogP contribution in [-0.2, 0) is 14.3 Å². The minimum absolute atomic E-state index is 0.149. The minimum Gasteiger partial charge on any atom is -0.448 e. The largest absolute Gasteiger partial charge is 0.448 e. The van der Waals surface area contributed by atoms with Crippen LogP contribution in [0.25, 0.3) is 6.08 Å². The van der Waals surface area contributed by atoms with Crippen molar-refractivity contribution in [3.63, 3.8) is 0 Å². The van der Waals surface area contributed by atoms with Crippen LogP contribution >= 0.6 is 0 Å². The molecule has 0 saturated carbocycles. The number of carbonyl (C=O) groups is 2. The lowest BCUT2D eigenvalue weighted by molar-refractivity contribution is -0.150. The lowest BCUT2D eigenvalue weighted by Gasteiger charge is -2.18. The number of nitrogens with zero attached hydrogens (tertiary/aromatic N) is 1. The minimum atomic E-state index is -0.995. The fourth-order valence-electron chi connectivity index (χ4n) is 2.83. The van der Waals surface area contributed by atoms with Crippen LogP contribution in [0.3, 0.4) is 0 Å². The van der Waals surface area contributed by atoms with Crippen molar-refractivity contribution in [3.05, 3.63) is 76.9 Å². The smallest absolute Gasteiger partial charge is 0.349 e. The Balaban J connectivity index is 1.94. The summed E-state index contributed by atoms with van der Waals surface area (Å²) in [6.07, 6.45) is 1.33. The number of hydrogen-bond donors (Lipinski definition) is 1. The Morgan fingerprint density at radius 3 is 2.38 bits per heavy atom. The van der Waals surface area contributed by atoms with E-state index in [1.54, 1.807) is 0 Å². The standard InChI is InChI=1S/C24H26N2O3/c1-4-20(21-8-6-5-7-9-21)16-26-23(27)18(3)29-24(28)22(15-25)14-19-12-10-17(2)11-13-19/h5-14,18,20H,4,16H2,1-3H3,(H,26,27)/b22-14+/t18-,20+/m0/s1. The average molecular weight is 390 g/mol. The topological polar surface area (TPSA) is 79.2 Å². The number of hydrogen-bond acceptors (Lipinski definition) is 4. The Morgan fingerprint density at radius 2 is 1.79 bits per heavy atom. The second-order valence-electron chi connectivity index (χ2n) is 6.89. The number of amides is 1. The van der Waals surface area contributed by atoms with Crippen molar-refractivity contribution in [1.29, 1.82) is 5.26 Å². The van der Waals surface area contributed by atoms with Crippen LogP contribution in [-0.4, -0.2) is 24.5 Å². The normalized spacial score (nSPS) is 13.1. The summed E-state index contributed by atoms with van der Waals surface area (Å²) in [6.45, 7) is 5.96. The van der Waals surface area contributed by atoms with Crippen LogP contribution in [0, 0.1) is 18.3 Å². The molecule has 2 rings (SSSR count). The second-order valence-corrected chi connectivity index (χ2v) is 6.89. The third-order valence-electron chi connectivity index (χ3n) is 4.67. The highest BCUT2D eigenvalue weighted by atomic mass is 16.5. The molecule has 2 aromatic rings. The summed E-state index contributed by atoms with van der Waals surface area (Å²) in [7, 11) is 0. The summed E-state index contributed by atoms with van der Waals surface area (Å²) >= 11 is 0. The molecule has 5 heteroatoms. The predicted molar refractivity (Wildman–Crippen MR) is 113 cm³/mol. The third kappa shape index (κ3) is 6.62. The number of rotatable bonds is 8. The molecule has 5 nitrogen and oxygen atoms in total. The van der Waals surface area contributed by atoms with E-state index in [4.69, 9.17) is 4.74 Å². The van der Waals surface area contributed by atoms with Crippen molar-refractivity contribution >= 4 is 18.0 Å². The first-order valence-corrected chi connectivity index (χ1v) is 9.66. The van der Waals surface area contributed by atoms with Crippen molar-refractivity contribution < 1.29 is 14.3 Å². The van der Waals surface area contributed by atoms with Gasteiger partial charge in [-0.3, -0.25) is 4.79 Å². The molecule has 0 spiro atoms. The van der Waals surface area contributed by atoms with E-state index in [0.29, 0.717) is 6.54 Å². The molecule has 0 bridgehead atoms. The molecule has 0 saturated heterocycles. The van der Waals surface area contributed by atoms with E-state index in [1.807, 2.05) is 67.6 Å². The van der Waals surface area contributed by atoms with Gasteiger partial charge in [-0.25, -0.2) is 4.79 Å². The van der Waals surface area contributed by atoms with Gasteiger partial charge in [0.1, 0.15) is 11.6 Å². The Morgan fingerprint density at radius 1 is 1.14 bits per heavy atom. The Kier molecular flexibility index (Phi) is 8.17. The molecular weight excluding hydrogens is 364 g/mol. The lowest BCUT2D eigenvalue weighted by atomic mass is 9.96. The second kappa shape index (κ2) is 10.8. The van der Waals surface area contributed by atoms with Crippen LogP contribution < -0.4 is 5.32 Å². The van der Waals surface area contributed by atoms with Crippen LogP contribution in [0.4, 0.5) is 0 Å². The number of aryl methyl sites for hydroxylation is 1. The summed E-state index contributed by atoms with van der Waals surface area (Å²) < 4.78 is 5.19. The Bertz CT molecular complexity index is 896. The molecule has 2 atom stereocenters. The fourth-order valence-corrected chi connectivity index (χ4v) is 2.83. The number of esters is 1. The quantitative estimate of drug-likeness (QED) is 0.417. The Labute approximate surface area is 172 Å². The van der Waals surface area contributed by atoms with Crippen molar-refractivity contribution in [1.82, 2.24) is 5.32 Å². The Hall–Kier alpha value is -3.39. The molecule has 0 aromatic heterocycles. The van der Waals surface area contributed by atoms with Crippen LogP contribution in [0.1, 0.15) is 42.9 Å². The first kappa shape index (κ1) is 21.9. The molecule has 0 radical (unpaired) electrons. The van der Waals surface area contributed by atoms with Crippen molar-refractivity contribution in [2.75, 3.05) is 6.54 Å². The maximum atomic E-state index is 12.3. The van der Waals surface area contributed by atoms with Gasteiger partial charge in [-0.1, -0.05) is 67.1 Å². The van der Waals surface area contributed by atoms with E-state index in [-0.39, 0.29) is 17.4 Å². The number of ether oxygens (including phenoxy) is 1. The SMILES string of the molecule is CC[C@H](CNC(=O)[C@H](C)OC(=O)/C(C#N)=C/c1ccc(C)cc1)c1ccccc1. The van der Waals surface area contributed by atoms with Gasteiger partial charge < -0.3 is 10.1 Å². The van der Waals surface area contributed by atoms with E-state index < -0.39 is 12.1 Å². The van der Waals surface area contributed by atoms with E-state index >= 15 is 0 Å². The maximum absolute atomic E-state index is 12.3. The molecule has 0 aliphatic rings. The van der Waals surface area contributed by atoms with E-state index in [2.05, 4.69) is 12.2 Å². The molecule has 150 valence electrons. The van der Waals surface area contributed by atoms with Gasteiger partial charge in [-0.15, -0.1) is 0 Å². The van der Waals surface area contributed by atoms with Gasteiger partial charge in [0.15, 0.2) is 6.10 Å². The predicted octanol–water partition coefficient (Wildman–Crippen LogP) is 4.14. The maximum Gasteiger partial charge on any atom is 0.349 e. The number of benzene rings is 2. The number of nitrogens with one attached hydrogen (secondary N) is 1. The monoisotopic (exact) mass is 390 g/mol. The first-order valence-electron chi connectivity index (χ1n) is 9.66. The first-order chi connectivity index (χ1) is 13.9. The summed E-state index contributed by atoms with van der Waals surface area (Å²) in [4.78, 5) is 24.6. The lowest BCUT2D eigenvalue weighted by Crippen LogP contribution is -2.38. The van der Waals surface area contributed by atoms with E-state index in [1.165, 1.54) is 13.0 Å². The molecule has 0 unspecified atom stereocenters. The number of nitriles is 1. The third-order valence-corrected chi connectivity index (χ3v) is 4.67. The molecule has 0 aliphatic carbocycles. The summed E-state index contributed by atoms with van der Waals surface area (Å²) in [6, 6.07) is 19.2. The van der Waals surface area contributed by atoms with Crippen LogP contribution in [0.15, 0.2) is 60.2 Å². The highest BCUT2D eigenvalue weighted by molar-refractivity contribution is 5.99. The van der Waals surface area contributed by atoms with Gasteiger partial charge in [0, 0.05) is 12.5 Å². The summed E-state index contributed by atoms with van der Waals surface area (Å²) in [5.41, 5.74) is 2.79. The summed E-state index contributed by atoms with van der Waals surface area (Å²) in [5.74, 6) is -1.02.